The molecule has 0 fully saturated rings. The van der Waals surface area contributed by atoms with Crippen LogP contribution in [0.3, 0.4) is 0 Å². The normalized spacial score (nSPS) is 11.2. The number of aromatic amines is 1. The van der Waals surface area contributed by atoms with Crippen molar-refractivity contribution in [3.63, 3.8) is 0 Å². The van der Waals surface area contributed by atoms with E-state index in [9.17, 15) is 30.0 Å². The second-order valence-corrected chi connectivity index (χ2v) is 7.02. The summed E-state index contributed by atoms with van der Waals surface area (Å²) >= 11 is 0. The number of H-pyrrole nitrogens is 1. The summed E-state index contributed by atoms with van der Waals surface area (Å²) in [5.74, 6) is -2.32. The van der Waals surface area contributed by atoms with Gasteiger partial charge in [-0.05, 0) is 66.9 Å². The van der Waals surface area contributed by atoms with Gasteiger partial charge in [0.1, 0.15) is 5.69 Å². The van der Waals surface area contributed by atoms with Gasteiger partial charge < -0.3 is 25.4 Å². The lowest BCUT2D eigenvalue weighted by Crippen LogP contribution is -2.21. The lowest BCUT2D eigenvalue weighted by Gasteiger charge is -2.02. The summed E-state index contributed by atoms with van der Waals surface area (Å²) in [4.78, 5) is 27.9. The molecule has 11 nitrogen and oxygen atoms in total. The maximum absolute atomic E-state index is 12.6. The molecule has 170 valence electrons. The number of benzene rings is 2. The molecule has 1 heterocycles. The van der Waals surface area contributed by atoms with Gasteiger partial charge in [-0.3, -0.25) is 9.59 Å². The quantitative estimate of drug-likeness (QED) is 0.171. The van der Waals surface area contributed by atoms with E-state index >= 15 is 0 Å². The molecule has 33 heavy (non-hydrogen) atoms. The highest BCUT2D eigenvalue weighted by Crippen LogP contribution is 2.25. The fourth-order valence-electron chi connectivity index (χ4n) is 3.00. The Kier molecular flexibility index (Phi) is 6.63. The smallest absolute Gasteiger partial charge is 0.288 e. The number of nitrogens with one attached hydrogen (secondary N) is 3. The molecule has 0 saturated heterocycles. The fourth-order valence-corrected chi connectivity index (χ4v) is 3.00. The molecule has 3 aromatic rings. The second kappa shape index (κ2) is 9.56. The van der Waals surface area contributed by atoms with Gasteiger partial charge in [-0.2, -0.15) is 10.2 Å². The minimum atomic E-state index is -0.586. The number of rotatable bonds is 6. The van der Waals surface area contributed by atoms with Gasteiger partial charge in [0, 0.05) is 5.69 Å². The molecule has 0 unspecified atom stereocenters. The Balaban J connectivity index is 1.67. The average Bonchev–Trinajstić information content (AvgIpc) is 3.07. The molecule has 0 saturated carbocycles. The molecule has 0 atom stereocenters. The zero-order chi connectivity index (χ0) is 24.1. The van der Waals surface area contributed by atoms with Crippen molar-refractivity contribution in [1.82, 2.24) is 15.8 Å². The van der Waals surface area contributed by atoms with Crippen molar-refractivity contribution >= 4 is 24.2 Å². The zero-order valence-electron chi connectivity index (χ0n) is 17.6. The third-order valence-corrected chi connectivity index (χ3v) is 4.65. The SMILES string of the molecule is Cc1[nH]c(C(=O)N/N=C/c2ccc(O)c(O)c2)c(C)c1C(=O)N/N=C/c1ccc(O)c(O)c1. The molecule has 0 radical (unpaired) electrons. The van der Waals surface area contributed by atoms with Crippen LogP contribution in [0, 0.1) is 13.8 Å². The summed E-state index contributed by atoms with van der Waals surface area (Å²) in [7, 11) is 0. The number of aromatic nitrogens is 1. The Morgan fingerprint density at radius 1 is 0.788 bits per heavy atom. The van der Waals surface area contributed by atoms with Crippen LogP contribution in [0.4, 0.5) is 0 Å². The number of nitrogens with zero attached hydrogens (tertiary/aromatic N) is 2. The highest BCUT2D eigenvalue weighted by Gasteiger charge is 2.21. The lowest BCUT2D eigenvalue weighted by atomic mass is 10.1. The van der Waals surface area contributed by atoms with Gasteiger partial charge in [0.25, 0.3) is 11.8 Å². The number of aryl methyl sites for hydroxylation is 1. The topological polar surface area (TPSA) is 180 Å². The van der Waals surface area contributed by atoms with E-state index < -0.39 is 11.8 Å². The number of hydrogen-bond acceptors (Lipinski definition) is 8. The Hall–Kier alpha value is -4.80. The molecule has 7 N–H and O–H groups in total. The van der Waals surface area contributed by atoms with E-state index in [0.29, 0.717) is 22.4 Å². The number of hydrogen-bond donors (Lipinski definition) is 7. The van der Waals surface area contributed by atoms with E-state index in [1.165, 1.54) is 48.8 Å². The summed E-state index contributed by atoms with van der Waals surface area (Å²) in [6.07, 6.45) is 2.57. The van der Waals surface area contributed by atoms with Crippen molar-refractivity contribution in [3.8, 4) is 23.0 Å². The van der Waals surface area contributed by atoms with E-state index in [-0.39, 0.29) is 34.3 Å². The number of carbonyl (C=O) groups is 2. The largest absolute Gasteiger partial charge is 0.504 e. The summed E-state index contributed by atoms with van der Waals surface area (Å²) in [5, 5.41) is 45.2. The first kappa shape index (κ1) is 22.9. The van der Waals surface area contributed by atoms with Crippen LogP contribution in [0.1, 0.15) is 43.2 Å². The van der Waals surface area contributed by atoms with Gasteiger partial charge in [-0.1, -0.05) is 0 Å². The number of hydrazone groups is 2. The predicted molar refractivity (Wildman–Crippen MR) is 120 cm³/mol. The molecule has 0 bridgehead atoms. The Morgan fingerprint density at radius 3 is 1.76 bits per heavy atom. The Morgan fingerprint density at radius 2 is 1.27 bits per heavy atom. The van der Waals surface area contributed by atoms with Crippen molar-refractivity contribution in [3.05, 3.63) is 70.0 Å². The van der Waals surface area contributed by atoms with E-state index in [0.717, 1.165) is 0 Å². The maximum Gasteiger partial charge on any atom is 0.288 e. The van der Waals surface area contributed by atoms with Gasteiger partial charge >= 0.3 is 0 Å². The van der Waals surface area contributed by atoms with E-state index in [1.807, 2.05) is 0 Å². The minimum Gasteiger partial charge on any atom is -0.504 e. The molecular weight excluding hydrogens is 430 g/mol. The molecule has 0 aliphatic carbocycles. The zero-order valence-corrected chi connectivity index (χ0v) is 17.6. The molecule has 0 aliphatic heterocycles. The maximum atomic E-state index is 12.6. The second-order valence-electron chi connectivity index (χ2n) is 7.02. The molecule has 0 spiro atoms. The highest BCUT2D eigenvalue weighted by atomic mass is 16.3. The van der Waals surface area contributed by atoms with Crippen LogP contribution in [0.5, 0.6) is 23.0 Å². The molecule has 3 rings (SSSR count). The van der Waals surface area contributed by atoms with Crippen LogP contribution in [-0.4, -0.2) is 49.7 Å². The first-order valence-electron chi connectivity index (χ1n) is 9.57. The molecule has 11 heteroatoms. The van der Waals surface area contributed by atoms with Gasteiger partial charge in [-0.15, -0.1) is 0 Å². The number of phenols is 4. The monoisotopic (exact) mass is 451 g/mol. The number of aromatic hydroxyl groups is 4. The van der Waals surface area contributed by atoms with Crippen molar-refractivity contribution in [2.24, 2.45) is 10.2 Å². The van der Waals surface area contributed by atoms with Gasteiger partial charge in [0.15, 0.2) is 23.0 Å². The van der Waals surface area contributed by atoms with E-state index in [2.05, 4.69) is 26.0 Å². The van der Waals surface area contributed by atoms with Gasteiger partial charge in [-0.25, -0.2) is 10.9 Å². The predicted octanol–water partition coefficient (Wildman–Crippen LogP) is 1.98. The average molecular weight is 451 g/mol. The van der Waals surface area contributed by atoms with Gasteiger partial charge in [0.05, 0.1) is 18.0 Å². The van der Waals surface area contributed by atoms with Crippen LogP contribution in [0.25, 0.3) is 0 Å². The van der Waals surface area contributed by atoms with Crippen LogP contribution in [0.2, 0.25) is 0 Å². The number of phenolic OH excluding ortho intramolecular Hbond substituents is 4. The van der Waals surface area contributed by atoms with Crippen LogP contribution in [-0.2, 0) is 0 Å². The Labute approximate surface area is 187 Å². The lowest BCUT2D eigenvalue weighted by molar-refractivity contribution is 0.0948. The van der Waals surface area contributed by atoms with Crippen molar-refractivity contribution in [1.29, 1.82) is 0 Å². The molecule has 0 aliphatic rings. The van der Waals surface area contributed by atoms with E-state index in [4.69, 9.17) is 0 Å². The van der Waals surface area contributed by atoms with Crippen molar-refractivity contribution in [2.75, 3.05) is 0 Å². The molecule has 2 aromatic carbocycles. The fraction of sp³-hybridized carbons (Fsp3) is 0.0909. The molecular formula is C22H21N5O6. The molecule has 2 amide bonds. The van der Waals surface area contributed by atoms with E-state index in [1.54, 1.807) is 13.8 Å². The Bertz CT molecular complexity index is 1280. The first-order chi connectivity index (χ1) is 15.7. The highest BCUT2D eigenvalue weighted by molar-refractivity contribution is 6.03. The van der Waals surface area contributed by atoms with Crippen molar-refractivity contribution in [2.45, 2.75) is 13.8 Å². The summed E-state index contributed by atoms with van der Waals surface area (Å²) < 4.78 is 0. The summed E-state index contributed by atoms with van der Waals surface area (Å²) in [6.45, 7) is 3.22. The van der Waals surface area contributed by atoms with Crippen LogP contribution >= 0.6 is 0 Å². The standard InChI is InChI=1S/C22H21N5O6/c1-11-19(21(32)26-23-9-13-3-5-15(28)17(30)7-13)12(2)25-20(11)22(33)27-24-10-14-4-6-16(29)18(31)8-14/h3-10,25,28-31H,1-2H3,(H,26,32)(H,27,33)/b23-9+,24-10+. The minimum absolute atomic E-state index is 0.135. The summed E-state index contributed by atoms with van der Waals surface area (Å²) in [6, 6.07) is 8.13. The number of carbonyl (C=O) groups excluding carboxylic acids is 2. The first-order valence-corrected chi connectivity index (χ1v) is 9.57. The molecule has 1 aromatic heterocycles. The summed E-state index contributed by atoms with van der Waals surface area (Å²) in [5.41, 5.74) is 6.78. The van der Waals surface area contributed by atoms with Crippen LogP contribution in [0.15, 0.2) is 46.6 Å². The number of amides is 2. The van der Waals surface area contributed by atoms with Crippen molar-refractivity contribution < 1.29 is 30.0 Å². The third-order valence-electron chi connectivity index (χ3n) is 4.65. The van der Waals surface area contributed by atoms with Gasteiger partial charge in [0.2, 0.25) is 0 Å². The third kappa shape index (κ3) is 5.28. The van der Waals surface area contributed by atoms with Crippen LogP contribution < -0.4 is 10.9 Å².